The molecule has 232 valence electrons. The van der Waals surface area contributed by atoms with Gasteiger partial charge < -0.3 is 18.4 Å². The zero-order valence-corrected chi connectivity index (χ0v) is 32.1. The van der Waals surface area contributed by atoms with Crippen LogP contribution in [0, 0.1) is 22.7 Å². The Balaban J connectivity index is 1.80. The minimum Gasteiger partial charge on any atom is -0.413 e. The van der Waals surface area contributed by atoms with Crippen molar-refractivity contribution in [3.63, 3.8) is 0 Å². The highest BCUT2D eigenvalue weighted by Crippen LogP contribution is 2.79. The number of rotatable bonds is 6. The Kier molecular flexibility index (Phi) is 7.57. The average molecular weight is 609 g/mol. The Morgan fingerprint density at radius 2 is 1.18 bits per heavy atom. The second-order valence-corrected chi connectivity index (χ2v) is 33.4. The highest BCUT2D eigenvalue weighted by molar-refractivity contribution is 6.75. The molecule has 0 saturated heterocycles. The summed E-state index contributed by atoms with van der Waals surface area (Å²) in [5.41, 5.74) is -0.184. The molecule has 0 aromatic rings. The minimum absolute atomic E-state index is 0.0115. The standard InChI is InChI=1S/C33H64O4Si3/c1-22-24(35-38(12,13)28(2,3)4)20-23-26(37-40(16,17)30(8,9)10)31(11)21-25(36-39(14,15)29(5,6)7)32(18-19-32)27(31)33(22,23)34/h23-27,34H,1,18-21H2,2-17H3/t23-,24-,25+,26-,27+,31-,33+/m0/s1. The third-order valence-corrected chi connectivity index (χ3v) is 26.9. The van der Waals surface area contributed by atoms with Crippen molar-refractivity contribution < 1.29 is 18.4 Å². The topological polar surface area (TPSA) is 47.9 Å². The Bertz CT molecular complexity index is 1030. The average Bonchev–Trinajstić information content (AvgIpc) is 3.38. The van der Waals surface area contributed by atoms with Crippen LogP contribution in [-0.4, -0.2) is 54.0 Å². The zero-order valence-electron chi connectivity index (χ0n) is 29.1. The van der Waals surface area contributed by atoms with Crippen molar-refractivity contribution in [3.05, 3.63) is 12.2 Å². The first-order chi connectivity index (χ1) is 17.6. The Morgan fingerprint density at radius 3 is 1.60 bits per heavy atom. The fraction of sp³-hybridized carbons (Fsp3) is 0.939. The minimum atomic E-state index is -2.12. The summed E-state index contributed by atoms with van der Waals surface area (Å²) in [5.74, 6) is 0.118. The lowest BCUT2D eigenvalue weighted by Gasteiger charge is -2.45. The molecule has 1 spiro atoms. The number of hydrogen-bond acceptors (Lipinski definition) is 4. The Hall–Kier alpha value is 0.231. The van der Waals surface area contributed by atoms with Crippen LogP contribution in [0.5, 0.6) is 0 Å². The molecule has 4 rings (SSSR count). The quantitative estimate of drug-likeness (QED) is 0.241. The fourth-order valence-electron chi connectivity index (χ4n) is 7.86. The molecule has 0 heterocycles. The van der Waals surface area contributed by atoms with Crippen LogP contribution in [0.2, 0.25) is 54.4 Å². The van der Waals surface area contributed by atoms with Crippen LogP contribution in [0.4, 0.5) is 0 Å². The van der Waals surface area contributed by atoms with Gasteiger partial charge in [0.1, 0.15) is 0 Å². The van der Waals surface area contributed by atoms with Crippen LogP contribution >= 0.6 is 0 Å². The molecular formula is C33H64O4Si3. The molecule has 4 saturated carbocycles. The van der Waals surface area contributed by atoms with E-state index in [9.17, 15) is 5.11 Å². The van der Waals surface area contributed by atoms with E-state index < -0.39 is 30.6 Å². The third-order valence-electron chi connectivity index (χ3n) is 13.4. The predicted molar refractivity (Wildman–Crippen MR) is 176 cm³/mol. The van der Waals surface area contributed by atoms with Gasteiger partial charge in [-0.05, 0) is 85.7 Å². The summed E-state index contributed by atoms with van der Waals surface area (Å²) < 4.78 is 21.8. The molecule has 0 bridgehead atoms. The molecule has 4 aliphatic rings. The van der Waals surface area contributed by atoms with Gasteiger partial charge in [-0.1, -0.05) is 75.8 Å². The summed E-state index contributed by atoms with van der Waals surface area (Å²) in [6.07, 6.45) is 4.11. The van der Waals surface area contributed by atoms with Crippen LogP contribution in [0.1, 0.15) is 94.9 Å². The monoisotopic (exact) mass is 608 g/mol. The summed E-state index contributed by atoms with van der Waals surface area (Å²) in [6, 6.07) is 0. The first-order valence-electron chi connectivity index (χ1n) is 16.0. The molecule has 4 nitrogen and oxygen atoms in total. The molecule has 0 aromatic carbocycles. The molecule has 0 radical (unpaired) electrons. The van der Waals surface area contributed by atoms with Crippen LogP contribution in [0.15, 0.2) is 12.2 Å². The largest absolute Gasteiger partial charge is 0.413 e. The van der Waals surface area contributed by atoms with Crippen molar-refractivity contribution in [2.45, 2.75) is 173 Å². The normalized spacial score (nSPS) is 38.2. The number of hydrogen-bond donors (Lipinski definition) is 1. The lowest BCUT2D eigenvalue weighted by atomic mass is 9.70. The smallest absolute Gasteiger partial charge is 0.192 e. The van der Waals surface area contributed by atoms with Crippen molar-refractivity contribution in [1.82, 2.24) is 0 Å². The van der Waals surface area contributed by atoms with E-state index in [1.54, 1.807) is 0 Å². The zero-order chi connectivity index (χ0) is 30.9. The van der Waals surface area contributed by atoms with Gasteiger partial charge in [-0.2, -0.15) is 0 Å². The molecule has 0 amide bonds. The summed E-state index contributed by atoms with van der Waals surface area (Å²) in [5, 5.41) is 13.5. The summed E-state index contributed by atoms with van der Waals surface area (Å²) in [4.78, 5) is 0. The van der Waals surface area contributed by atoms with Gasteiger partial charge in [0.15, 0.2) is 25.0 Å². The molecule has 4 fully saturated rings. The van der Waals surface area contributed by atoms with Gasteiger partial charge in [0, 0.05) is 22.7 Å². The van der Waals surface area contributed by atoms with E-state index in [0.717, 1.165) is 31.3 Å². The van der Waals surface area contributed by atoms with Gasteiger partial charge in [0.2, 0.25) is 0 Å². The Labute approximate surface area is 250 Å². The van der Waals surface area contributed by atoms with Crippen molar-refractivity contribution in [2.24, 2.45) is 22.7 Å². The maximum Gasteiger partial charge on any atom is 0.192 e. The van der Waals surface area contributed by atoms with Crippen molar-refractivity contribution in [3.8, 4) is 0 Å². The van der Waals surface area contributed by atoms with Crippen LogP contribution in [0.3, 0.4) is 0 Å². The molecule has 0 aliphatic heterocycles. The van der Waals surface area contributed by atoms with E-state index in [-0.39, 0.29) is 56.1 Å². The van der Waals surface area contributed by atoms with Gasteiger partial charge >= 0.3 is 0 Å². The van der Waals surface area contributed by atoms with Crippen LogP contribution in [0.25, 0.3) is 0 Å². The lowest BCUT2D eigenvalue weighted by Crippen LogP contribution is -2.50. The first kappa shape index (κ1) is 33.1. The van der Waals surface area contributed by atoms with E-state index in [1.165, 1.54) is 0 Å². The molecule has 7 atom stereocenters. The van der Waals surface area contributed by atoms with Gasteiger partial charge in [-0.3, -0.25) is 0 Å². The second kappa shape index (κ2) is 9.13. The lowest BCUT2D eigenvalue weighted by molar-refractivity contribution is -0.0392. The molecule has 1 N–H and O–H groups in total. The van der Waals surface area contributed by atoms with Crippen LogP contribution < -0.4 is 0 Å². The van der Waals surface area contributed by atoms with E-state index in [2.05, 4.69) is 109 Å². The van der Waals surface area contributed by atoms with Crippen molar-refractivity contribution in [1.29, 1.82) is 0 Å². The van der Waals surface area contributed by atoms with E-state index in [1.807, 2.05) is 0 Å². The summed E-state index contributed by atoms with van der Waals surface area (Å²) in [7, 11) is -6.17. The second-order valence-electron chi connectivity index (χ2n) is 19.1. The van der Waals surface area contributed by atoms with Gasteiger partial charge in [0.25, 0.3) is 0 Å². The highest BCUT2D eigenvalue weighted by atomic mass is 28.4. The highest BCUT2D eigenvalue weighted by Gasteiger charge is 2.82. The molecule has 0 unspecified atom stereocenters. The molecule has 0 aromatic heterocycles. The SMILES string of the molecule is C=C1[C@@H](O[Si](C)(C)C(C)(C)C)C[C@H]2[C@H](O[Si](C)(C)C(C)(C)C)[C@]3(C)C[C@@H](O[Si](C)(C)C(C)(C)C)C4(CC4)[C@@H]3[C@@]12O. The Morgan fingerprint density at radius 1 is 0.750 bits per heavy atom. The molecule has 40 heavy (non-hydrogen) atoms. The van der Waals surface area contributed by atoms with E-state index in [0.29, 0.717) is 0 Å². The van der Waals surface area contributed by atoms with Crippen molar-refractivity contribution in [2.75, 3.05) is 0 Å². The predicted octanol–water partition coefficient (Wildman–Crippen LogP) is 9.28. The summed E-state index contributed by atoms with van der Waals surface area (Å²) in [6.45, 7) is 42.2. The maximum atomic E-state index is 13.2. The van der Waals surface area contributed by atoms with Gasteiger partial charge in [-0.25, -0.2) is 0 Å². The van der Waals surface area contributed by atoms with E-state index >= 15 is 0 Å². The third kappa shape index (κ3) is 4.70. The summed E-state index contributed by atoms with van der Waals surface area (Å²) >= 11 is 0. The van der Waals surface area contributed by atoms with Crippen molar-refractivity contribution >= 4 is 25.0 Å². The van der Waals surface area contributed by atoms with Crippen LogP contribution in [-0.2, 0) is 13.3 Å². The first-order valence-corrected chi connectivity index (χ1v) is 24.8. The number of fused-ring (bicyclic) bond motifs is 4. The maximum absolute atomic E-state index is 13.2. The molecular weight excluding hydrogens is 545 g/mol. The molecule has 4 aliphatic carbocycles. The van der Waals surface area contributed by atoms with Gasteiger partial charge in [0.05, 0.1) is 23.9 Å². The molecule has 7 heteroatoms. The fourth-order valence-corrected chi connectivity index (χ4v) is 12.0. The van der Waals surface area contributed by atoms with E-state index in [4.69, 9.17) is 19.9 Å². The number of aliphatic hydroxyl groups is 1. The van der Waals surface area contributed by atoms with Gasteiger partial charge in [-0.15, -0.1) is 0 Å².